The van der Waals surface area contributed by atoms with E-state index in [-0.39, 0.29) is 0 Å². The molecular weight excluding hydrogens is 328 g/mol. The van der Waals surface area contributed by atoms with Gasteiger partial charge in [0, 0.05) is 23.2 Å². The molecule has 0 aliphatic heterocycles. The lowest BCUT2D eigenvalue weighted by molar-refractivity contribution is 0.530. The molecule has 0 aliphatic carbocycles. The largest absolute Gasteiger partial charge is 0.323 e. The fourth-order valence-corrected chi connectivity index (χ4v) is 3.49. The molecule has 0 bridgehead atoms. The summed E-state index contributed by atoms with van der Waals surface area (Å²) < 4.78 is 2.39. The molecule has 0 aliphatic rings. The molecule has 134 valence electrons. The van der Waals surface area contributed by atoms with Gasteiger partial charge in [-0.2, -0.15) is 0 Å². The van der Waals surface area contributed by atoms with E-state index in [4.69, 9.17) is 4.98 Å². The summed E-state index contributed by atoms with van der Waals surface area (Å²) in [5, 5.41) is 0. The molecular formula is C25H24N2. The van der Waals surface area contributed by atoms with Gasteiger partial charge in [-0.15, -0.1) is 0 Å². The Balaban J connectivity index is 2.02. The molecule has 0 amide bonds. The van der Waals surface area contributed by atoms with Crippen LogP contribution in [0.2, 0.25) is 0 Å². The number of hydrogen-bond donors (Lipinski definition) is 0. The summed E-state index contributed by atoms with van der Waals surface area (Å²) >= 11 is 0. The first-order valence-corrected chi connectivity index (χ1v) is 9.51. The molecule has 0 N–H and O–H groups in total. The fourth-order valence-electron chi connectivity index (χ4n) is 3.49. The van der Waals surface area contributed by atoms with Crippen molar-refractivity contribution < 1.29 is 0 Å². The van der Waals surface area contributed by atoms with Gasteiger partial charge in [0.25, 0.3) is 0 Å². The quantitative estimate of drug-likeness (QED) is 0.399. The SMILES string of the molecule is CC(C)Cn1c(-c2ccccc2)nc(-c2ccccc2)c1-c1ccccc1. The van der Waals surface area contributed by atoms with Crippen molar-refractivity contribution in [3.8, 4) is 33.9 Å². The van der Waals surface area contributed by atoms with Crippen molar-refractivity contribution in [3.05, 3.63) is 91.0 Å². The van der Waals surface area contributed by atoms with Gasteiger partial charge in [0.1, 0.15) is 5.82 Å². The minimum Gasteiger partial charge on any atom is -0.323 e. The van der Waals surface area contributed by atoms with Gasteiger partial charge in [-0.05, 0) is 5.92 Å². The second-order valence-electron chi connectivity index (χ2n) is 7.24. The molecule has 0 saturated carbocycles. The van der Waals surface area contributed by atoms with Crippen LogP contribution in [0, 0.1) is 5.92 Å². The number of aromatic nitrogens is 2. The van der Waals surface area contributed by atoms with Crippen LogP contribution in [0.4, 0.5) is 0 Å². The van der Waals surface area contributed by atoms with E-state index in [0.29, 0.717) is 5.92 Å². The maximum Gasteiger partial charge on any atom is 0.141 e. The maximum atomic E-state index is 5.14. The Kier molecular flexibility index (Phi) is 4.88. The Hall–Kier alpha value is -3.13. The van der Waals surface area contributed by atoms with Crippen molar-refractivity contribution in [2.24, 2.45) is 5.92 Å². The molecule has 4 rings (SSSR count). The third-order valence-electron chi connectivity index (χ3n) is 4.64. The first-order valence-electron chi connectivity index (χ1n) is 9.51. The van der Waals surface area contributed by atoms with Crippen LogP contribution < -0.4 is 0 Å². The van der Waals surface area contributed by atoms with Crippen molar-refractivity contribution in [2.75, 3.05) is 0 Å². The second-order valence-corrected chi connectivity index (χ2v) is 7.24. The lowest BCUT2D eigenvalue weighted by Crippen LogP contribution is -2.08. The van der Waals surface area contributed by atoms with Crippen LogP contribution in [0.3, 0.4) is 0 Å². The van der Waals surface area contributed by atoms with E-state index >= 15 is 0 Å². The minimum absolute atomic E-state index is 0.521. The van der Waals surface area contributed by atoms with Gasteiger partial charge in [0.05, 0.1) is 11.4 Å². The zero-order valence-corrected chi connectivity index (χ0v) is 15.8. The van der Waals surface area contributed by atoms with Gasteiger partial charge in [0.2, 0.25) is 0 Å². The molecule has 4 aromatic rings. The summed E-state index contributed by atoms with van der Waals surface area (Å²) in [6, 6.07) is 31.6. The van der Waals surface area contributed by atoms with E-state index in [9.17, 15) is 0 Å². The zero-order chi connectivity index (χ0) is 18.6. The highest BCUT2D eigenvalue weighted by Crippen LogP contribution is 2.36. The third kappa shape index (κ3) is 3.56. The summed E-state index contributed by atoms with van der Waals surface area (Å²) in [6.45, 7) is 5.44. The van der Waals surface area contributed by atoms with E-state index in [1.165, 1.54) is 11.3 Å². The van der Waals surface area contributed by atoms with E-state index in [2.05, 4.69) is 109 Å². The van der Waals surface area contributed by atoms with Crippen molar-refractivity contribution in [1.29, 1.82) is 0 Å². The molecule has 0 spiro atoms. The van der Waals surface area contributed by atoms with Crippen LogP contribution in [-0.4, -0.2) is 9.55 Å². The summed E-state index contributed by atoms with van der Waals surface area (Å²) in [6.07, 6.45) is 0. The van der Waals surface area contributed by atoms with E-state index < -0.39 is 0 Å². The Morgan fingerprint density at radius 1 is 0.667 bits per heavy atom. The summed E-state index contributed by atoms with van der Waals surface area (Å²) in [5.74, 6) is 1.55. The summed E-state index contributed by atoms with van der Waals surface area (Å²) in [4.78, 5) is 5.14. The molecule has 0 fully saturated rings. The monoisotopic (exact) mass is 352 g/mol. The number of imidazole rings is 1. The highest BCUT2D eigenvalue weighted by molar-refractivity contribution is 5.82. The number of hydrogen-bond acceptors (Lipinski definition) is 1. The van der Waals surface area contributed by atoms with Gasteiger partial charge in [0.15, 0.2) is 0 Å². The van der Waals surface area contributed by atoms with Crippen molar-refractivity contribution in [1.82, 2.24) is 9.55 Å². The fraction of sp³-hybridized carbons (Fsp3) is 0.160. The first-order chi connectivity index (χ1) is 13.2. The van der Waals surface area contributed by atoms with Crippen molar-refractivity contribution in [2.45, 2.75) is 20.4 Å². The normalized spacial score (nSPS) is 11.1. The standard InChI is InChI=1S/C25H24N2/c1-19(2)18-27-24(21-14-8-4-9-15-21)23(20-12-6-3-7-13-20)26-25(27)22-16-10-5-11-17-22/h3-17,19H,18H2,1-2H3. The topological polar surface area (TPSA) is 17.8 Å². The Morgan fingerprint density at radius 3 is 1.67 bits per heavy atom. The molecule has 2 nitrogen and oxygen atoms in total. The van der Waals surface area contributed by atoms with Gasteiger partial charge >= 0.3 is 0 Å². The average molecular weight is 352 g/mol. The smallest absolute Gasteiger partial charge is 0.141 e. The Morgan fingerprint density at radius 2 is 1.15 bits per heavy atom. The highest BCUT2D eigenvalue weighted by atomic mass is 15.1. The van der Waals surface area contributed by atoms with Gasteiger partial charge in [-0.25, -0.2) is 4.98 Å². The van der Waals surface area contributed by atoms with Gasteiger partial charge in [-0.1, -0.05) is 105 Å². The van der Waals surface area contributed by atoms with Crippen LogP contribution in [0.15, 0.2) is 91.0 Å². The highest BCUT2D eigenvalue weighted by Gasteiger charge is 2.21. The van der Waals surface area contributed by atoms with Crippen LogP contribution in [0.25, 0.3) is 33.9 Å². The van der Waals surface area contributed by atoms with E-state index in [1.807, 2.05) is 0 Å². The molecule has 0 saturated heterocycles. The molecule has 0 unspecified atom stereocenters. The first kappa shape index (κ1) is 17.3. The molecule has 0 atom stereocenters. The summed E-state index contributed by atoms with van der Waals surface area (Å²) in [7, 11) is 0. The number of benzene rings is 3. The second kappa shape index (κ2) is 7.63. The van der Waals surface area contributed by atoms with Gasteiger partial charge in [-0.3, -0.25) is 0 Å². The van der Waals surface area contributed by atoms with E-state index in [0.717, 1.165) is 29.2 Å². The summed E-state index contributed by atoms with van der Waals surface area (Å²) in [5.41, 5.74) is 5.73. The Labute approximate surface area is 161 Å². The molecule has 3 aromatic carbocycles. The van der Waals surface area contributed by atoms with Crippen molar-refractivity contribution >= 4 is 0 Å². The lowest BCUT2D eigenvalue weighted by Gasteiger charge is -2.15. The third-order valence-corrected chi connectivity index (χ3v) is 4.64. The Bertz CT molecular complexity index is 1000. The minimum atomic E-state index is 0.521. The van der Waals surface area contributed by atoms with Crippen molar-refractivity contribution in [3.63, 3.8) is 0 Å². The molecule has 1 heterocycles. The lowest BCUT2D eigenvalue weighted by atomic mass is 10.0. The van der Waals surface area contributed by atoms with E-state index in [1.54, 1.807) is 0 Å². The predicted octanol–water partition coefficient (Wildman–Crippen LogP) is 6.54. The zero-order valence-electron chi connectivity index (χ0n) is 15.8. The molecule has 0 radical (unpaired) electrons. The van der Waals surface area contributed by atoms with Crippen LogP contribution >= 0.6 is 0 Å². The maximum absolute atomic E-state index is 5.14. The molecule has 1 aromatic heterocycles. The molecule has 27 heavy (non-hydrogen) atoms. The number of rotatable bonds is 5. The van der Waals surface area contributed by atoms with Crippen LogP contribution in [0.1, 0.15) is 13.8 Å². The van der Waals surface area contributed by atoms with Gasteiger partial charge < -0.3 is 4.57 Å². The molecule has 2 heteroatoms. The van der Waals surface area contributed by atoms with Crippen LogP contribution in [0.5, 0.6) is 0 Å². The average Bonchev–Trinajstić information content (AvgIpc) is 3.08. The predicted molar refractivity (Wildman–Crippen MR) is 113 cm³/mol. The number of nitrogens with zero attached hydrogens (tertiary/aromatic N) is 2. The van der Waals surface area contributed by atoms with Crippen LogP contribution in [-0.2, 0) is 6.54 Å².